The van der Waals surface area contributed by atoms with E-state index >= 15 is 0 Å². The quantitative estimate of drug-likeness (QED) is 0.576. The molecular weight excluding hydrogens is 316 g/mol. The highest BCUT2D eigenvalue weighted by Gasteiger charge is 2.10. The van der Waals surface area contributed by atoms with Crippen molar-refractivity contribution < 1.29 is 14.3 Å². The number of ether oxygens (including phenoxy) is 1. The molecule has 0 atom stereocenters. The van der Waals surface area contributed by atoms with Crippen molar-refractivity contribution in [3.63, 3.8) is 0 Å². The molecule has 5 nitrogen and oxygen atoms in total. The summed E-state index contributed by atoms with van der Waals surface area (Å²) >= 11 is 0. The van der Waals surface area contributed by atoms with Crippen molar-refractivity contribution >= 4 is 0 Å². The van der Waals surface area contributed by atoms with E-state index in [2.05, 4.69) is 10.2 Å². The number of hydrogen-bond donors (Lipinski definition) is 1. The molecule has 0 fully saturated rings. The Morgan fingerprint density at radius 1 is 0.640 bits per heavy atom. The molecule has 25 heavy (non-hydrogen) atoms. The molecule has 0 aliphatic heterocycles. The number of phenols is 1. The molecular formula is C20H14N2O3. The van der Waals surface area contributed by atoms with Crippen LogP contribution in [0.4, 0.5) is 0 Å². The molecule has 0 aliphatic rings. The minimum absolute atomic E-state index is 0.192. The third-order valence-electron chi connectivity index (χ3n) is 3.62. The molecule has 0 unspecified atom stereocenters. The van der Waals surface area contributed by atoms with Crippen LogP contribution in [0, 0.1) is 0 Å². The van der Waals surface area contributed by atoms with E-state index in [4.69, 9.17) is 9.15 Å². The molecule has 0 spiro atoms. The highest BCUT2D eigenvalue weighted by atomic mass is 16.5. The summed E-state index contributed by atoms with van der Waals surface area (Å²) in [5.74, 6) is 2.53. The zero-order valence-electron chi connectivity index (χ0n) is 13.2. The summed E-state index contributed by atoms with van der Waals surface area (Å²) in [4.78, 5) is 0. The minimum atomic E-state index is 0.192. The smallest absolute Gasteiger partial charge is 0.248 e. The summed E-state index contributed by atoms with van der Waals surface area (Å²) in [5, 5.41) is 17.5. The van der Waals surface area contributed by atoms with E-state index in [9.17, 15) is 5.11 Å². The van der Waals surface area contributed by atoms with Gasteiger partial charge in [-0.25, -0.2) is 0 Å². The van der Waals surface area contributed by atoms with Gasteiger partial charge in [0.15, 0.2) is 0 Å². The Bertz CT molecular complexity index is 962. The van der Waals surface area contributed by atoms with Gasteiger partial charge in [0.2, 0.25) is 11.8 Å². The first kappa shape index (κ1) is 15.0. The van der Waals surface area contributed by atoms with Crippen LogP contribution in [0.1, 0.15) is 0 Å². The summed E-state index contributed by atoms with van der Waals surface area (Å²) in [6.45, 7) is 0. The molecule has 0 saturated heterocycles. The first-order valence-corrected chi connectivity index (χ1v) is 7.74. The monoisotopic (exact) mass is 330 g/mol. The minimum Gasteiger partial charge on any atom is -0.508 e. The number of para-hydroxylation sites is 1. The molecule has 122 valence electrons. The maximum absolute atomic E-state index is 9.34. The Hall–Kier alpha value is -3.60. The zero-order chi connectivity index (χ0) is 17.1. The van der Waals surface area contributed by atoms with Gasteiger partial charge in [0.1, 0.15) is 17.2 Å². The summed E-state index contributed by atoms with van der Waals surface area (Å²) < 4.78 is 11.5. The second kappa shape index (κ2) is 6.49. The largest absolute Gasteiger partial charge is 0.508 e. The van der Waals surface area contributed by atoms with E-state index in [1.165, 1.54) is 0 Å². The lowest BCUT2D eigenvalue weighted by molar-refractivity contribution is 0.475. The van der Waals surface area contributed by atoms with Gasteiger partial charge < -0.3 is 14.3 Å². The number of phenolic OH excluding ortho intramolecular Hbond substituents is 1. The van der Waals surface area contributed by atoms with Gasteiger partial charge in [-0.3, -0.25) is 0 Å². The lowest BCUT2D eigenvalue weighted by Gasteiger charge is -2.05. The predicted octanol–water partition coefficient (Wildman–Crippen LogP) is 4.90. The van der Waals surface area contributed by atoms with Crippen molar-refractivity contribution in [2.45, 2.75) is 0 Å². The number of aromatic nitrogens is 2. The Morgan fingerprint density at radius 2 is 1.16 bits per heavy atom. The van der Waals surface area contributed by atoms with Crippen LogP contribution in [-0.2, 0) is 0 Å². The molecule has 0 aliphatic carbocycles. The summed E-state index contributed by atoms with van der Waals surface area (Å²) in [6, 6.07) is 23.6. The Kier molecular flexibility index (Phi) is 3.88. The highest BCUT2D eigenvalue weighted by Crippen LogP contribution is 2.27. The van der Waals surface area contributed by atoms with E-state index < -0.39 is 0 Å². The molecule has 1 heterocycles. The van der Waals surface area contributed by atoms with Gasteiger partial charge in [0.05, 0.1) is 0 Å². The van der Waals surface area contributed by atoms with Gasteiger partial charge in [-0.2, -0.15) is 0 Å². The summed E-state index contributed by atoms with van der Waals surface area (Å²) in [7, 11) is 0. The van der Waals surface area contributed by atoms with Crippen LogP contribution in [0.2, 0.25) is 0 Å². The standard InChI is InChI=1S/C20H14N2O3/c23-16-10-6-14(7-11-16)19-21-22-20(25-19)15-8-12-18(13-9-15)24-17-4-2-1-3-5-17/h1-13,23H. The number of hydrogen-bond acceptors (Lipinski definition) is 5. The zero-order valence-corrected chi connectivity index (χ0v) is 13.2. The number of benzene rings is 3. The van der Waals surface area contributed by atoms with Crippen LogP contribution in [0.5, 0.6) is 17.2 Å². The van der Waals surface area contributed by atoms with Crippen molar-refractivity contribution in [2.75, 3.05) is 0 Å². The molecule has 0 bridgehead atoms. The first-order chi connectivity index (χ1) is 12.3. The van der Waals surface area contributed by atoms with Crippen LogP contribution in [0.3, 0.4) is 0 Å². The molecule has 5 heteroatoms. The second-order valence-corrected chi connectivity index (χ2v) is 5.40. The average molecular weight is 330 g/mol. The van der Waals surface area contributed by atoms with Gasteiger partial charge in [-0.1, -0.05) is 18.2 Å². The van der Waals surface area contributed by atoms with Gasteiger partial charge in [0.25, 0.3) is 0 Å². The normalized spacial score (nSPS) is 10.6. The summed E-state index contributed by atoms with van der Waals surface area (Å²) in [5.41, 5.74) is 1.55. The highest BCUT2D eigenvalue weighted by molar-refractivity contribution is 5.59. The van der Waals surface area contributed by atoms with Crippen molar-refractivity contribution in [3.8, 4) is 40.2 Å². The van der Waals surface area contributed by atoms with Gasteiger partial charge in [-0.05, 0) is 60.7 Å². The van der Waals surface area contributed by atoms with Crippen LogP contribution in [0.15, 0.2) is 83.3 Å². The molecule has 0 saturated carbocycles. The van der Waals surface area contributed by atoms with Gasteiger partial charge >= 0.3 is 0 Å². The molecule has 1 aromatic heterocycles. The average Bonchev–Trinajstić information content (AvgIpc) is 3.14. The molecule has 0 radical (unpaired) electrons. The lowest BCUT2D eigenvalue weighted by atomic mass is 10.2. The topological polar surface area (TPSA) is 68.4 Å². The van der Waals surface area contributed by atoms with E-state index in [1.54, 1.807) is 24.3 Å². The molecule has 3 aromatic carbocycles. The fourth-order valence-corrected chi connectivity index (χ4v) is 2.35. The fraction of sp³-hybridized carbons (Fsp3) is 0. The van der Waals surface area contributed by atoms with Crippen molar-refractivity contribution in [1.29, 1.82) is 0 Å². The third-order valence-corrected chi connectivity index (χ3v) is 3.62. The lowest BCUT2D eigenvalue weighted by Crippen LogP contribution is -1.84. The van der Waals surface area contributed by atoms with Gasteiger partial charge in [0, 0.05) is 11.1 Å². The second-order valence-electron chi connectivity index (χ2n) is 5.40. The van der Waals surface area contributed by atoms with E-state index in [-0.39, 0.29) is 5.75 Å². The van der Waals surface area contributed by atoms with Crippen LogP contribution >= 0.6 is 0 Å². The van der Waals surface area contributed by atoms with Crippen molar-refractivity contribution in [3.05, 3.63) is 78.9 Å². The molecule has 0 amide bonds. The maximum atomic E-state index is 9.34. The van der Waals surface area contributed by atoms with Crippen LogP contribution < -0.4 is 4.74 Å². The van der Waals surface area contributed by atoms with E-state index in [1.807, 2.05) is 54.6 Å². The molecule has 1 N–H and O–H groups in total. The van der Waals surface area contributed by atoms with Crippen molar-refractivity contribution in [2.24, 2.45) is 0 Å². The van der Waals surface area contributed by atoms with E-state index in [0.717, 1.165) is 22.6 Å². The Morgan fingerprint density at radius 3 is 1.76 bits per heavy atom. The Balaban J connectivity index is 1.53. The summed E-state index contributed by atoms with van der Waals surface area (Å²) in [6.07, 6.45) is 0. The van der Waals surface area contributed by atoms with Crippen LogP contribution in [-0.4, -0.2) is 15.3 Å². The molecule has 4 rings (SSSR count). The van der Waals surface area contributed by atoms with E-state index in [0.29, 0.717) is 11.8 Å². The van der Waals surface area contributed by atoms with Gasteiger partial charge in [-0.15, -0.1) is 10.2 Å². The first-order valence-electron chi connectivity index (χ1n) is 7.74. The fourth-order valence-electron chi connectivity index (χ4n) is 2.35. The number of aromatic hydroxyl groups is 1. The van der Waals surface area contributed by atoms with Crippen molar-refractivity contribution in [1.82, 2.24) is 10.2 Å². The number of nitrogens with zero attached hydrogens (tertiary/aromatic N) is 2. The third kappa shape index (κ3) is 3.35. The Labute approximate surface area is 144 Å². The molecule has 4 aromatic rings. The van der Waals surface area contributed by atoms with Crippen LogP contribution in [0.25, 0.3) is 22.9 Å². The predicted molar refractivity (Wildman–Crippen MR) is 93.4 cm³/mol. The number of rotatable bonds is 4. The maximum Gasteiger partial charge on any atom is 0.248 e. The SMILES string of the molecule is Oc1ccc(-c2nnc(-c3ccc(Oc4ccccc4)cc3)o2)cc1.